The van der Waals surface area contributed by atoms with Gasteiger partial charge in [0.1, 0.15) is 0 Å². The van der Waals surface area contributed by atoms with Crippen LogP contribution in [0.2, 0.25) is 0 Å². The predicted molar refractivity (Wildman–Crippen MR) is 53.0 cm³/mol. The Labute approximate surface area is 75.1 Å². The van der Waals surface area contributed by atoms with E-state index in [1.54, 1.807) is 0 Å². The van der Waals surface area contributed by atoms with Crippen LogP contribution in [-0.2, 0) is 10.8 Å². The van der Waals surface area contributed by atoms with Gasteiger partial charge in [-0.05, 0) is 10.3 Å². The Bertz CT molecular complexity index is 201. The summed E-state index contributed by atoms with van der Waals surface area (Å²) in [6.07, 6.45) is 0. The van der Waals surface area contributed by atoms with Gasteiger partial charge in [-0.3, -0.25) is 4.21 Å². The number of thioether (sulfide) groups is 1. The van der Waals surface area contributed by atoms with Gasteiger partial charge < -0.3 is 0 Å². The molecule has 0 N–H and O–H groups in total. The minimum absolute atomic E-state index is 0.181. The molecule has 0 bridgehead atoms. The van der Waals surface area contributed by atoms with Crippen LogP contribution >= 0.6 is 11.8 Å². The summed E-state index contributed by atoms with van der Waals surface area (Å²) in [5.74, 6) is 1.83. The maximum Gasteiger partial charge on any atom is 0.0472 e. The Kier molecular flexibility index (Phi) is 2.81. The number of rotatable bonds is 0. The second kappa shape index (κ2) is 3.31. The highest BCUT2D eigenvalue weighted by atomic mass is 32.2. The maximum atomic E-state index is 11.1. The molecule has 3 heteroatoms. The molecule has 0 fully saturated rings. The Morgan fingerprint density at radius 2 is 2.18 bits per heavy atom. The Balaban J connectivity index is 2.79. The van der Waals surface area contributed by atoms with Gasteiger partial charge in [-0.2, -0.15) is 0 Å². The molecular weight excluding hydrogens is 176 g/mol. The first-order valence-electron chi connectivity index (χ1n) is 3.72. The third kappa shape index (κ3) is 2.64. The van der Waals surface area contributed by atoms with Gasteiger partial charge in [0.25, 0.3) is 0 Å². The van der Waals surface area contributed by atoms with Crippen LogP contribution in [-0.4, -0.2) is 15.7 Å². The van der Waals surface area contributed by atoms with Crippen molar-refractivity contribution in [3.05, 3.63) is 10.3 Å². The third-order valence-electron chi connectivity index (χ3n) is 1.52. The van der Waals surface area contributed by atoms with Crippen molar-refractivity contribution in [2.75, 3.05) is 11.5 Å². The lowest BCUT2D eigenvalue weighted by molar-refractivity contribution is 0.533. The molecule has 64 valence electrons. The van der Waals surface area contributed by atoms with E-state index in [-0.39, 0.29) is 5.41 Å². The van der Waals surface area contributed by atoms with Gasteiger partial charge in [-0.15, -0.1) is 11.8 Å². The normalized spacial score (nSPS) is 26.5. The van der Waals surface area contributed by atoms with Crippen LogP contribution in [0.5, 0.6) is 0 Å². The molecule has 0 radical (unpaired) electrons. The van der Waals surface area contributed by atoms with Crippen molar-refractivity contribution in [3.63, 3.8) is 0 Å². The first kappa shape index (κ1) is 9.33. The number of hydrogen-bond acceptors (Lipinski definition) is 2. The summed E-state index contributed by atoms with van der Waals surface area (Å²) in [6.45, 7) is 6.48. The van der Waals surface area contributed by atoms with Crippen molar-refractivity contribution in [1.29, 1.82) is 0 Å². The molecule has 1 unspecified atom stereocenters. The molecule has 0 saturated heterocycles. The summed E-state index contributed by atoms with van der Waals surface area (Å²) >= 11 is 1.84. The fourth-order valence-electron chi connectivity index (χ4n) is 0.839. The monoisotopic (exact) mass is 190 g/mol. The van der Waals surface area contributed by atoms with Crippen molar-refractivity contribution in [3.8, 4) is 0 Å². The highest BCUT2D eigenvalue weighted by Crippen LogP contribution is 2.36. The smallest absolute Gasteiger partial charge is 0.0472 e. The quantitative estimate of drug-likeness (QED) is 0.583. The first-order chi connectivity index (χ1) is 5.00. The van der Waals surface area contributed by atoms with Gasteiger partial charge in [0, 0.05) is 27.7 Å². The third-order valence-corrected chi connectivity index (χ3v) is 4.48. The summed E-state index contributed by atoms with van der Waals surface area (Å²) < 4.78 is 11.1. The fraction of sp³-hybridized carbons (Fsp3) is 0.750. The molecule has 0 aromatic heterocycles. The van der Waals surface area contributed by atoms with Crippen LogP contribution in [0.3, 0.4) is 0 Å². The van der Waals surface area contributed by atoms with Crippen LogP contribution in [0.1, 0.15) is 20.8 Å². The van der Waals surface area contributed by atoms with Crippen molar-refractivity contribution in [2.24, 2.45) is 5.41 Å². The molecule has 1 rings (SSSR count). The summed E-state index contributed by atoms with van der Waals surface area (Å²) in [4.78, 5) is 1.28. The second-order valence-electron chi connectivity index (χ2n) is 3.67. The molecule has 1 atom stereocenters. The maximum absolute atomic E-state index is 11.1. The topological polar surface area (TPSA) is 17.1 Å². The van der Waals surface area contributed by atoms with Crippen molar-refractivity contribution >= 4 is 22.6 Å². The summed E-state index contributed by atoms with van der Waals surface area (Å²) in [6, 6.07) is 0. The van der Waals surface area contributed by atoms with Gasteiger partial charge in [-0.25, -0.2) is 0 Å². The molecule has 1 nitrogen and oxygen atoms in total. The van der Waals surface area contributed by atoms with E-state index in [9.17, 15) is 4.21 Å². The van der Waals surface area contributed by atoms with Crippen LogP contribution in [0.4, 0.5) is 0 Å². The van der Waals surface area contributed by atoms with E-state index in [1.165, 1.54) is 4.91 Å². The van der Waals surface area contributed by atoms with Crippen LogP contribution < -0.4 is 0 Å². The van der Waals surface area contributed by atoms with Crippen molar-refractivity contribution < 1.29 is 4.21 Å². The Morgan fingerprint density at radius 1 is 1.55 bits per heavy atom. The van der Waals surface area contributed by atoms with Gasteiger partial charge >= 0.3 is 0 Å². The van der Waals surface area contributed by atoms with Gasteiger partial charge in [-0.1, -0.05) is 20.8 Å². The molecule has 1 aliphatic rings. The second-order valence-corrected chi connectivity index (χ2v) is 6.21. The molecule has 0 saturated carbocycles. The number of allylic oxidation sites excluding steroid dienone is 1. The summed E-state index contributed by atoms with van der Waals surface area (Å²) in [7, 11) is -0.700. The SMILES string of the molecule is CC(C)(C)C1=CS(=O)CCS1. The van der Waals surface area contributed by atoms with E-state index < -0.39 is 10.8 Å². The molecule has 1 aliphatic heterocycles. The average Bonchev–Trinajstić information content (AvgIpc) is 1.86. The van der Waals surface area contributed by atoms with Gasteiger partial charge in [0.15, 0.2) is 0 Å². The zero-order valence-electron chi connectivity index (χ0n) is 7.22. The largest absolute Gasteiger partial charge is 0.255 e. The van der Waals surface area contributed by atoms with Crippen LogP contribution in [0.15, 0.2) is 10.3 Å². The molecule has 0 amide bonds. The highest BCUT2D eigenvalue weighted by molar-refractivity contribution is 8.05. The van der Waals surface area contributed by atoms with Crippen molar-refractivity contribution in [1.82, 2.24) is 0 Å². The molecule has 1 heterocycles. The van der Waals surface area contributed by atoms with E-state index in [0.717, 1.165) is 11.5 Å². The minimum Gasteiger partial charge on any atom is -0.255 e. The molecule has 0 spiro atoms. The van der Waals surface area contributed by atoms with Crippen molar-refractivity contribution in [2.45, 2.75) is 20.8 Å². The molecule has 11 heavy (non-hydrogen) atoms. The van der Waals surface area contributed by atoms with E-state index in [1.807, 2.05) is 17.2 Å². The molecule has 0 aromatic rings. The van der Waals surface area contributed by atoms with Gasteiger partial charge in [0.2, 0.25) is 0 Å². The van der Waals surface area contributed by atoms with E-state index in [2.05, 4.69) is 20.8 Å². The predicted octanol–water partition coefficient (Wildman–Crippen LogP) is 2.37. The Morgan fingerprint density at radius 3 is 2.55 bits per heavy atom. The average molecular weight is 190 g/mol. The minimum atomic E-state index is -0.700. The van der Waals surface area contributed by atoms with Gasteiger partial charge in [0.05, 0.1) is 0 Å². The molecule has 0 aliphatic carbocycles. The highest BCUT2D eigenvalue weighted by Gasteiger charge is 2.21. The zero-order valence-corrected chi connectivity index (χ0v) is 8.85. The Hall–Kier alpha value is 0.240. The van der Waals surface area contributed by atoms with E-state index in [4.69, 9.17) is 0 Å². The van der Waals surface area contributed by atoms with E-state index >= 15 is 0 Å². The zero-order chi connectivity index (χ0) is 8.48. The van der Waals surface area contributed by atoms with E-state index in [0.29, 0.717) is 0 Å². The lowest BCUT2D eigenvalue weighted by Crippen LogP contribution is -2.13. The lowest BCUT2D eigenvalue weighted by atomic mass is 9.97. The summed E-state index contributed by atoms with van der Waals surface area (Å²) in [5.41, 5.74) is 0.181. The summed E-state index contributed by atoms with van der Waals surface area (Å²) in [5, 5.41) is 1.91. The fourth-order valence-corrected chi connectivity index (χ4v) is 3.79. The molecular formula is C8H14OS2. The standard InChI is InChI=1S/C8H14OS2/c1-8(2,3)7-6-11(9)5-4-10-7/h6H,4-5H2,1-3H3. The lowest BCUT2D eigenvalue weighted by Gasteiger charge is -2.24. The van der Waals surface area contributed by atoms with Crippen LogP contribution in [0, 0.1) is 5.41 Å². The first-order valence-corrected chi connectivity index (χ1v) is 6.09. The number of hydrogen-bond donors (Lipinski definition) is 0. The molecule has 0 aromatic carbocycles. The van der Waals surface area contributed by atoms with Crippen LogP contribution in [0.25, 0.3) is 0 Å².